The van der Waals surface area contributed by atoms with E-state index in [1.54, 1.807) is 0 Å². The minimum absolute atomic E-state index is 0.348. The van der Waals surface area contributed by atoms with Gasteiger partial charge in [0.15, 0.2) is 11.5 Å². The van der Waals surface area contributed by atoms with E-state index in [9.17, 15) is 0 Å². The fraction of sp³-hybridized carbons (Fsp3) is 0.625. The minimum atomic E-state index is 0.348. The zero-order valence-corrected chi connectivity index (χ0v) is 12.4. The standard InChI is InChI=1S/C16H24N2O2/c1-12(2)9-14(18-7-5-17-6-8-18)13-3-4-15-16(10-13)20-11-19-15/h3-4,10,12,14,17H,5-9,11H2,1-2H3/t14-/m1/s1. The summed E-state index contributed by atoms with van der Waals surface area (Å²) in [5, 5.41) is 3.43. The Kier molecular flexibility index (Phi) is 4.13. The summed E-state index contributed by atoms with van der Waals surface area (Å²) >= 11 is 0. The maximum Gasteiger partial charge on any atom is 0.231 e. The molecule has 0 aliphatic carbocycles. The van der Waals surface area contributed by atoms with Gasteiger partial charge in [0.05, 0.1) is 0 Å². The lowest BCUT2D eigenvalue weighted by molar-refractivity contribution is 0.153. The van der Waals surface area contributed by atoms with Gasteiger partial charge < -0.3 is 14.8 Å². The number of hydrogen-bond donors (Lipinski definition) is 1. The summed E-state index contributed by atoms with van der Waals surface area (Å²) < 4.78 is 10.9. The lowest BCUT2D eigenvalue weighted by atomic mass is 9.94. The van der Waals surface area contributed by atoms with Gasteiger partial charge in [0.2, 0.25) is 6.79 Å². The average Bonchev–Trinajstić information content (AvgIpc) is 2.93. The summed E-state index contributed by atoms with van der Waals surface area (Å²) in [6.07, 6.45) is 1.18. The third kappa shape index (κ3) is 2.91. The molecule has 2 aliphatic heterocycles. The third-order valence-electron chi connectivity index (χ3n) is 4.07. The van der Waals surface area contributed by atoms with Gasteiger partial charge in [-0.1, -0.05) is 19.9 Å². The van der Waals surface area contributed by atoms with E-state index in [0.717, 1.165) is 37.7 Å². The highest BCUT2D eigenvalue weighted by Crippen LogP contribution is 2.37. The molecule has 0 spiro atoms. The lowest BCUT2D eigenvalue weighted by Crippen LogP contribution is -2.45. The summed E-state index contributed by atoms with van der Waals surface area (Å²) in [7, 11) is 0. The van der Waals surface area contributed by atoms with Gasteiger partial charge in [-0.05, 0) is 30.0 Å². The summed E-state index contributed by atoms with van der Waals surface area (Å²) in [6, 6.07) is 6.89. The molecule has 0 unspecified atom stereocenters. The van der Waals surface area contributed by atoms with Crippen LogP contribution in [0.4, 0.5) is 0 Å². The highest BCUT2D eigenvalue weighted by molar-refractivity contribution is 5.45. The predicted molar refractivity (Wildman–Crippen MR) is 79.2 cm³/mol. The van der Waals surface area contributed by atoms with Crippen LogP contribution in [0, 0.1) is 5.92 Å². The molecule has 3 rings (SSSR count). The minimum Gasteiger partial charge on any atom is -0.454 e. The molecule has 4 nitrogen and oxygen atoms in total. The molecule has 0 aromatic heterocycles. The van der Waals surface area contributed by atoms with Crippen molar-refractivity contribution in [3.05, 3.63) is 23.8 Å². The van der Waals surface area contributed by atoms with Crippen molar-refractivity contribution in [1.82, 2.24) is 10.2 Å². The lowest BCUT2D eigenvalue weighted by Gasteiger charge is -2.36. The van der Waals surface area contributed by atoms with E-state index in [-0.39, 0.29) is 0 Å². The Bertz CT molecular complexity index is 456. The maximum atomic E-state index is 5.53. The normalized spacial score (nSPS) is 20.4. The van der Waals surface area contributed by atoms with Crippen LogP contribution in [-0.4, -0.2) is 37.9 Å². The van der Waals surface area contributed by atoms with E-state index < -0.39 is 0 Å². The first kappa shape index (κ1) is 13.7. The van der Waals surface area contributed by atoms with E-state index >= 15 is 0 Å². The molecule has 1 atom stereocenters. The maximum absolute atomic E-state index is 5.53. The Hall–Kier alpha value is -1.26. The molecule has 0 saturated carbocycles. The molecule has 1 N–H and O–H groups in total. The molecule has 2 aliphatic rings. The van der Waals surface area contributed by atoms with E-state index in [1.807, 2.05) is 6.07 Å². The number of hydrogen-bond acceptors (Lipinski definition) is 4. The first-order valence-electron chi connectivity index (χ1n) is 7.58. The SMILES string of the molecule is CC(C)C[C@H](c1ccc2c(c1)OCO2)N1CCNCC1. The highest BCUT2D eigenvalue weighted by atomic mass is 16.7. The van der Waals surface area contributed by atoms with Gasteiger partial charge in [-0.2, -0.15) is 0 Å². The number of fused-ring (bicyclic) bond motifs is 1. The molecule has 4 heteroatoms. The van der Waals surface area contributed by atoms with Crippen molar-refractivity contribution in [2.75, 3.05) is 33.0 Å². The van der Waals surface area contributed by atoms with Crippen molar-refractivity contribution in [3.63, 3.8) is 0 Å². The fourth-order valence-electron chi connectivity index (χ4n) is 3.06. The summed E-state index contributed by atoms with van der Waals surface area (Å²) in [5.74, 6) is 2.45. The van der Waals surface area contributed by atoms with Crippen LogP contribution in [0.1, 0.15) is 31.9 Å². The first-order valence-corrected chi connectivity index (χ1v) is 7.58. The van der Waals surface area contributed by atoms with Crippen LogP contribution in [0.15, 0.2) is 18.2 Å². The molecule has 1 aromatic rings. The zero-order valence-electron chi connectivity index (χ0n) is 12.4. The van der Waals surface area contributed by atoms with Gasteiger partial charge in [-0.25, -0.2) is 0 Å². The van der Waals surface area contributed by atoms with Gasteiger partial charge in [0, 0.05) is 32.2 Å². The number of ether oxygens (including phenoxy) is 2. The van der Waals surface area contributed by atoms with Gasteiger partial charge >= 0.3 is 0 Å². The molecule has 110 valence electrons. The second-order valence-electron chi connectivity index (χ2n) is 6.04. The number of piperazine rings is 1. The summed E-state index contributed by atoms with van der Waals surface area (Å²) in [4.78, 5) is 2.59. The van der Waals surface area contributed by atoms with Crippen molar-refractivity contribution in [2.24, 2.45) is 5.92 Å². The van der Waals surface area contributed by atoms with Crippen LogP contribution in [0.2, 0.25) is 0 Å². The average molecular weight is 276 g/mol. The highest BCUT2D eigenvalue weighted by Gasteiger charge is 2.25. The van der Waals surface area contributed by atoms with Crippen LogP contribution in [0.3, 0.4) is 0 Å². The van der Waals surface area contributed by atoms with E-state index in [4.69, 9.17) is 9.47 Å². The molecule has 2 heterocycles. The first-order chi connectivity index (χ1) is 9.74. The topological polar surface area (TPSA) is 33.7 Å². The zero-order chi connectivity index (χ0) is 13.9. The van der Waals surface area contributed by atoms with E-state index in [1.165, 1.54) is 12.0 Å². The predicted octanol–water partition coefficient (Wildman–Crippen LogP) is 2.41. The largest absolute Gasteiger partial charge is 0.454 e. The van der Waals surface area contributed by atoms with Crippen LogP contribution in [0.5, 0.6) is 11.5 Å². The second kappa shape index (κ2) is 6.02. The summed E-state index contributed by atoms with van der Waals surface area (Å²) in [5.41, 5.74) is 1.35. The Labute approximate surface area is 121 Å². The quantitative estimate of drug-likeness (QED) is 0.915. The van der Waals surface area contributed by atoms with Crippen LogP contribution in [0.25, 0.3) is 0 Å². The molecular formula is C16H24N2O2. The number of nitrogens with one attached hydrogen (secondary N) is 1. The molecule has 1 fully saturated rings. The van der Waals surface area contributed by atoms with Crippen LogP contribution < -0.4 is 14.8 Å². The van der Waals surface area contributed by atoms with Crippen LogP contribution >= 0.6 is 0 Å². The van der Waals surface area contributed by atoms with E-state index in [2.05, 4.69) is 36.2 Å². The third-order valence-corrected chi connectivity index (χ3v) is 4.07. The van der Waals surface area contributed by atoms with Crippen molar-refractivity contribution in [3.8, 4) is 11.5 Å². The molecule has 0 amide bonds. The van der Waals surface area contributed by atoms with Crippen LogP contribution in [-0.2, 0) is 0 Å². The monoisotopic (exact) mass is 276 g/mol. The van der Waals surface area contributed by atoms with Gasteiger partial charge in [0.25, 0.3) is 0 Å². The molecule has 1 aromatic carbocycles. The summed E-state index contributed by atoms with van der Waals surface area (Å²) in [6.45, 7) is 9.33. The number of nitrogens with zero attached hydrogens (tertiary/aromatic N) is 1. The Morgan fingerprint density at radius 3 is 2.65 bits per heavy atom. The Morgan fingerprint density at radius 2 is 1.90 bits per heavy atom. The molecular weight excluding hydrogens is 252 g/mol. The van der Waals surface area contributed by atoms with Gasteiger partial charge in [-0.3, -0.25) is 4.90 Å². The Morgan fingerprint density at radius 1 is 1.15 bits per heavy atom. The van der Waals surface area contributed by atoms with Crippen molar-refractivity contribution < 1.29 is 9.47 Å². The van der Waals surface area contributed by atoms with Crippen molar-refractivity contribution in [1.29, 1.82) is 0 Å². The Balaban J connectivity index is 1.83. The van der Waals surface area contributed by atoms with Gasteiger partial charge in [-0.15, -0.1) is 0 Å². The number of rotatable bonds is 4. The second-order valence-corrected chi connectivity index (χ2v) is 6.04. The van der Waals surface area contributed by atoms with E-state index in [0.29, 0.717) is 18.8 Å². The number of benzene rings is 1. The van der Waals surface area contributed by atoms with Crippen molar-refractivity contribution in [2.45, 2.75) is 26.3 Å². The molecule has 1 saturated heterocycles. The molecule has 0 radical (unpaired) electrons. The van der Waals surface area contributed by atoms with Gasteiger partial charge in [0.1, 0.15) is 0 Å². The smallest absolute Gasteiger partial charge is 0.231 e. The molecule has 20 heavy (non-hydrogen) atoms. The fourth-order valence-corrected chi connectivity index (χ4v) is 3.06. The molecule has 0 bridgehead atoms. The van der Waals surface area contributed by atoms with Crippen molar-refractivity contribution >= 4 is 0 Å².